The van der Waals surface area contributed by atoms with Gasteiger partial charge in [0.2, 0.25) is 0 Å². The van der Waals surface area contributed by atoms with Crippen molar-refractivity contribution < 1.29 is 24.6 Å². The maximum atomic E-state index is 12.5. The van der Waals surface area contributed by atoms with Crippen molar-refractivity contribution in [3.05, 3.63) is 58.9 Å². The number of hydrogen-bond donors (Lipinski definition) is 3. The van der Waals surface area contributed by atoms with Crippen LogP contribution >= 0.6 is 0 Å². The average molecular weight is 358 g/mol. The maximum absolute atomic E-state index is 12.5. The molecule has 1 aliphatic rings. The lowest BCUT2D eigenvalue weighted by atomic mass is 9.95. The van der Waals surface area contributed by atoms with Gasteiger partial charge in [0.25, 0.3) is 12.4 Å². The molecule has 1 atom stereocenters. The van der Waals surface area contributed by atoms with Crippen molar-refractivity contribution in [1.82, 2.24) is 9.88 Å². The molecule has 2 heterocycles. The van der Waals surface area contributed by atoms with Crippen LogP contribution in [0.3, 0.4) is 0 Å². The zero-order chi connectivity index (χ0) is 19.1. The second-order valence-corrected chi connectivity index (χ2v) is 6.19. The first-order chi connectivity index (χ1) is 12.5. The van der Waals surface area contributed by atoms with Crippen molar-refractivity contribution in [2.75, 3.05) is 13.1 Å². The van der Waals surface area contributed by atoms with Gasteiger partial charge >= 0.3 is 5.97 Å². The van der Waals surface area contributed by atoms with E-state index in [1.54, 1.807) is 18.3 Å². The van der Waals surface area contributed by atoms with Crippen molar-refractivity contribution in [2.45, 2.75) is 19.8 Å². The Hall–Kier alpha value is -3.09. The first kappa shape index (κ1) is 19.2. The Kier molecular flexibility index (Phi) is 6.54. The average Bonchev–Trinajstić information content (AvgIpc) is 3.24. The Bertz CT molecular complexity index is 784. The zero-order valence-corrected chi connectivity index (χ0v) is 14.5. The SMILES string of the molecule is Cc1[nH]ccc1C(=O)N1CCC(Cc2ccccc2C(=O)O)C1.O=CO. The molecule has 26 heavy (non-hydrogen) atoms. The molecule has 1 aromatic heterocycles. The molecular weight excluding hydrogens is 336 g/mol. The van der Waals surface area contributed by atoms with Gasteiger partial charge in [-0.15, -0.1) is 0 Å². The van der Waals surface area contributed by atoms with Crippen LogP contribution in [-0.4, -0.2) is 51.5 Å². The highest BCUT2D eigenvalue weighted by atomic mass is 16.4. The van der Waals surface area contributed by atoms with Crippen LogP contribution in [0.4, 0.5) is 0 Å². The van der Waals surface area contributed by atoms with Gasteiger partial charge in [0, 0.05) is 25.0 Å². The Morgan fingerprint density at radius 3 is 2.58 bits per heavy atom. The van der Waals surface area contributed by atoms with E-state index in [0.717, 1.165) is 29.8 Å². The molecular formula is C19H22N2O5. The molecule has 0 bridgehead atoms. The number of amides is 1. The van der Waals surface area contributed by atoms with Crippen LogP contribution in [0.5, 0.6) is 0 Å². The van der Waals surface area contributed by atoms with E-state index in [9.17, 15) is 14.7 Å². The summed E-state index contributed by atoms with van der Waals surface area (Å²) in [4.78, 5) is 37.1. The second-order valence-electron chi connectivity index (χ2n) is 6.19. The van der Waals surface area contributed by atoms with Crippen molar-refractivity contribution in [3.63, 3.8) is 0 Å². The smallest absolute Gasteiger partial charge is 0.335 e. The van der Waals surface area contributed by atoms with E-state index >= 15 is 0 Å². The number of likely N-dealkylation sites (tertiary alicyclic amines) is 1. The number of carboxylic acid groups (broad SMARTS) is 2. The Morgan fingerprint density at radius 1 is 1.27 bits per heavy atom. The van der Waals surface area contributed by atoms with Crippen LogP contribution in [0, 0.1) is 12.8 Å². The number of benzene rings is 1. The molecule has 1 aliphatic heterocycles. The van der Waals surface area contributed by atoms with Crippen LogP contribution < -0.4 is 0 Å². The number of aromatic carboxylic acids is 1. The summed E-state index contributed by atoms with van der Waals surface area (Å²) in [5.41, 5.74) is 2.81. The van der Waals surface area contributed by atoms with E-state index in [-0.39, 0.29) is 12.4 Å². The summed E-state index contributed by atoms with van der Waals surface area (Å²) in [7, 11) is 0. The fraction of sp³-hybridized carbons (Fsp3) is 0.316. The number of carbonyl (C=O) groups is 3. The number of nitrogens with zero attached hydrogens (tertiary/aromatic N) is 1. The molecule has 7 nitrogen and oxygen atoms in total. The fourth-order valence-corrected chi connectivity index (χ4v) is 3.26. The fourth-order valence-electron chi connectivity index (χ4n) is 3.26. The summed E-state index contributed by atoms with van der Waals surface area (Å²) >= 11 is 0. The number of aromatic amines is 1. The molecule has 1 unspecified atom stereocenters. The summed E-state index contributed by atoms with van der Waals surface area (Å²) in [5, 5.41) is 16.2. The van der Waals surface area contributed by atoms with Crippen LogP contribution in [0.2, 0.25) is 0 Å². The van der Waals surface area contributed by atoms with E-state index in [2.05, 4.69) is 4.98 Å². The molecule has 0 spiro atoms. The second kappa shape index (κ2) is 8.84. The molecule has 0 radical (unpaired) electrons. The minimum atomic E-state index is -0.894. The van der Waals surface area contributed by atoms with Crippen LogP contribution in [-0.2, 0) is 11.2 Å². The van der Waals surface area contributed by atoms with E-state index in [0.29, 0.717) is 24.4 Å². The number of carboxylic acids is 1. The molecule has 3 N–H and O–H groups in total. The lowest BCUT2D eigenvalue weighted by Gasteiger charge is -2.17. The molecule has 0 saturated carbocycles. The minimum Gasteiger partial charge on any atom is -0.483 e. The van der Waals surface area contributed by atoms with Crippen LogP contribution in [0.1, 0.15) is 38.4 Å². The lowest BCUT2D eigenvalue weighted by molar-refractivity contribution is -0.122. The van der Waals surface area contributed by atoms with Gasteiger partial charge in [-0.25, -0.2) is 4.79 Å². The molecule has 1 amide bonds. The van der Waals surface area contributed by atoms with Gasteiger partial charge in [0.15, 0.2) is 0 Å². The zero-order valence-electron chi connectivity index (χ0n) is 14.5. The lowest BCUT2D eigenvalue weighted by Crippen LogP contribution is -2.29. The number of aromatic nitrogens is 1. The first-order valence-electron chi connectivity index (χ1n) is 8.30. The third kappa shape index (κ3) is 4.50. The predicted octanol–water partition coefficient (Wildman–Crippen LogP) is 2.43. The van der Waals surface area contributed by atoms with Gasteiger partial charge in [-0.1, -0.05) is 18.2 Å². The summed E-state index contributed by atoms with van der Waals surface area (Å²) in [5.74, 6) is -0.536. The molecule has 1 aromatic carbocycles. The number of nitrogens with one attached hydrogen (secondary N) is 1. The summed E-state index contributed by atoms with van der Waals surface area (Å²) in [6, 6.07) is 8.92. The number of aryl methyl sites for hydroxylation is 1. The number of hydrogen-bond acceptors (Lipinski definition) is 3. The van der Waals surface area contributed by atoms with E-state index in [4.69, 9.17) is 9.90 Å². The highest BCUT2D eigenvalue weighted by Crippen LogP contribution is 2.24. The molecule has 7 heteroatoms. The topological polar surface area (TPSA) is 111 Å². The van der Waals surface area contributed by atoms with Gasteiger partial charge < -0.3 is 20.1 Å². The molecule has 1 saturated heterocycles. The normalized spacial score (nSPS) is 15.9. The third-order valence-corrected chi connectivity index (χ3v) is 4.51. The van der Waals surface area contributed by atoms with Gasteiger partial charge in [-0.2, -0.15) is 0 Å². The Labute approximate surface area is 151 Å². The first-order valence-corrected chi connectivity index (χ1v) is 8.30. The molecule has 3 rings (SSSR count). The molecule has 2 aromatic rings. The minimum absolute atomic E-state index is 0.0535. The Balaban J connectivity index is 0.000000758. The quantitative estimate of drug-likeness (QED) is 0.727. The van der Waals surface area contributed by atoms with Crippen molar-refractivity contribution in [3.8, 4) is 0 Å². The number of H-pyrrole nitrogens is 1. The standard InChI is InChI=1S/C18H20N2O3.CH2O2/c1-12-15(6-8-19-12)17(21)20-9-7-13(11-20)10-14-4-2-3-5-16(14)18(22)23;2-1-3/h2-6,8,13,19H,7,9-11H2,1H3,(H,22,23);1H,(H,2,3). The Morgan fingerprint density at radius 2 is 1.96 bits per heavy atom. The van der Waals surface area contributed by atoms with E-state index < -0.39 is 5.97 Å². The van der Waals surface area contributed by atoms with E-state index in [1.807, 2.05) is 30.0 Å². The largest absolute Gasteiger partial charge is 0.483 e. The van der Waals surface area contributed by atoms with Gasteiger partial charge in [-0.05, 0) is 43.4 Å². The van der Waals surface area contributed by atoms with Crippen LogP contribution in [0.15, 0.2) is 36.5 Å². The monoisotopic (exact) mass is 358 g/mol. The highest BCUT2D eigenvalue weighted by molar-refractivity contribution is 5.95. The van der Waals surface area contributed by atoms with Crippen molar-refractivity contribution >= 4 is 18.3 Å². The van der Waals surface area contributed by atoms with E-state index in [1.165, 1.54) is 0 Å². The summed E-state index contributed by atoms with van der Waals surface area (Å²) in [6.45, 7) is 3.05. The molecule has 1 fully saturated rings. The van der Waals surface area contributed by atoms with Gasteiger partial charge in [0.05, 0.1) is 11.1 Å². The number of rotatable bonds is 4. The molecule has 138 valence electrons. The van der Waals surface area contributed by atoms with Crippen molar-refractivity contribution in [2.24, 2.45) is 5.92 Å². The van der Waals surface area contributed by atoms with Gasteiger partial charge in [-0.3, -0.25) is 9.59 Å². The molecule has 0 aliphatic carbocycles. The predicted molar refractivity (Wildman–Crippen MR) is 95.3 cm³/mol. The maximum Gasteiger partial charge on any atom is 0.335 e. The van der Waals surface area contributed by atoms with Crippen molar-refractivity contribution in [1.29, 1.82) is 0 Å². The van der Waals surface area contributed by atoms with Crippen LogP contribution in [0.25, 0.3) is 0 Å². The third-order valence-electron chi connectivity index (χ3n) is 4.51. The highest BCUT2D eigenvalue weighted by Gasteiger charge is 2.28. The van der Waals surface area contributed by atoms with Gasteiger partial charge in [0.1, 0.15) is 0 Å². The summed E-state index contributed by atoms with van der Waals surface area (Å²) < 4.78 is 0. The number of carbonyl (C=O) groups excluding carboxylic acids is 1. The summed E-state index contributed by atoms with van der Waals surface area (Å²) in [6.07, 6.45) is 3.38.